The molecule has 1 unspecified atom stereocenters. The van der Waals surface area contributed by atoms with E-state index >= 15 is 0 Å². The Morgan fingerprint density at radius 3 is 2.79 bits per heavy atom. The maximum absolute atomic E-state index is 12.5. The molecule has 1 aromatic rings. The van der Waals surface area contributed by atoms with Gasteiger partial charge < -0.3 is 5.73 Å². The third kappa shape index (κ3) is 1.66. The van der Waals surface area contributed by atoms with Crippen LogP contribution in [0.25, 0.3) is 0 Å². The lowest BCUT2D eigenvalue weighted by Crippen LogP contribution is -2.27. The van der Waals surface area contributed by atoms with E-state index in [0.717, 1.165) is 16.9 Å². The van der Waals surface area contributed by atoms with Gasteiger partial charge in [0, 0.05) is 6.04 Å². The van der Waals surface area contributed by atoms with Gasteiger partial charge in [-0.2, -0.15) is 13.2 Å². The standard InChI is InChI=1S/C9H10F3NS/c10-9(11,12)8-7-2-1-6(13)3-5(7)4-14-8/h4,6H,1-3,13H2. The number of nitrogens with two attached hydrogens (primary N) is 1. The molecule has 2 N–H and O–H groups in total. The Morgan fingerprint density at radius 2 is 2.14 bits per heavy atom. The Bertz CT molecular complexity index is 342. The molecular weight excluding hydrogens is 211 g/mol. The third-order valence-corrected chi connectivity index (χ3v) is 3.60. The molecular formula is C9H10F3NS. The molecule has 0 saturated heterocycles. The van der Waals surface area contributed by atoms with Crippen LogP contribution < -0.4 is 5.73 Å². The Morgan fingerprint density at radius 1 is 1.43 bits per heavy atom. The van der Waals surface area contributed by atoms with Gasteiger partial charge in [0.05, 0.1) is 0 Å². The zero-order chi connectivity index (χ0) is 10.3. The minimum atomic E-state index is -4.19. The summed E-state index contributed by atoms with van der Waals surface area (Å²) >= 11 is 0.794. The lowest BCUT2D eigenvalue weighted by Gasteiger charge is -2.19. The topological polar surface area (TPSA) is 26.0 Å². The second kappa shape index (κ2) is 3.24. The molecule has 1 aliphatic carbocycles. The summed E-state index contributed by atoms with van der Waals surface area (Å²) in [5, 5.41) is 1.59. The molecule has 78 valence electrons. The summed E-state index contributed by atoms with van der Waals surface area (Å²) in [5.41, 5.74) is 6.96. The minimum Gasteiger partial charge on any atom is -0.327 e. The molecule has 0 amide bonds. The third-order valence-electron chi connectivity index (χ3n) is 2.49. The first-order chi connectivity index (χ1) is 6.48. The number of hydrogen-bond donors (Lipinski definition) is 1. The molecule has 1 heterocycles. The summed E-state index contributed by atoms with van der Waals surface area (Å²) < 4.78 is 37.5. The fourth-order valence-corrected chi connectivity index (χ4v) is 2.82. The van der Waals surface area contributed by atoms with E-state index in [9.17, 15) is 13.2 Å². The van der Waals surface area contributed by atoms with E-state index in [0.29, 0.717) is 24.8 Å². The molecule has 0 aromatic carbocycles. The molecule has 1 atom stereocenters. The molecule has 5 heteroatoms. The normalized spacial score (nSPS) is 22.1. The summed E-state index contributed by atoms with van der Waals surface area (Å²) in [4.78, 5) is -0.431. The number of alkyl halides is 3. The highest BCUT2D eigenvalue weighted by Crippen LogP contribution is 2.40. The lowest BCUT2D eigenvalue weighted by molar-refractivity contribution is -0.135. The van der Waals surface area contributed by atoms with Crippen molar-refractivity contribution < 1.29 is 13.2 Å². The van der Waals surface area contributed by atoms with Gasteiger partial charge in [-0.1, -0.05) is 0 Å². The Balaban J connectivity index is 2.38. The summed E-state index contributed by atoms with van der Waals surface area (Å²) in [7, 11) is 0. The highest BCUT2D eigenvalue weighted by atomic mass is 32.1. The van der Waals surface area contributed by atoms with Gasteiger partial charge >= 0.3 is 6.18 Å². The number of thiophene rings is 1. The first kappa shape index (κ1) is 9.98. The Kier molecular flexibility index (Phi) is 2.31. The smallest absolute Gasteiger partial charge is 0.327 e. The second-order valence-electron chi connectivity index (χ2n) is 3.57. The predicted octanol–water partition coefficient (Wildman–Crippen LogP) is 2.58. The quantitative estimate of drug-likeness (QED) is 0.716. The summed E-state index contributed by atoms with van der Waals surface area (Å²) in [5.74, 6) is 0. The zero-order valence-corrected chi connectivity index (χ0v) is 8.21. The molecule has 0 bridgehead atoms. The summed E-state index contributed by atoms with van der Waals surface area (Å²) in [6, 6.07) is 0.0261. The molecule has 0 saturated carbocycles. The lowest BCUT2D eigenvalue weighted by atomic mass is 9.90. The van der Waals surface area contributed by atoms with Gasteiger partial charge in [0.1, 0.15) is 4.88 Å². The van der Waals surface area contributed by atoms with Crippen LogP contribution >= 0.6 is 11.3 Å². The highest BCUT2D eigenvalue weighted by Gasteiger charge is 2.37. The van der Waals surface area contributed by atoms with E-state index in [1.54, 1.807) is 5.38 Å². The Labute approximate surface area is 83.7 Å². The van der Waals surface area contributed by atoms with Crippen LogP contribution in [0.15, 0.2) is 5.38 Å². The molecule has 0 fully saturated rings. The monoisotopic (exact) mass is 221 g/mol. The summed E-state index contributed by atoms with van der Waals surface area (Å²) in [6.45, 7) is 0. The average Bonchev–Trinajstić information content (AvgIpc) is 2.45. The maximum atomic E-state index is 12.5. The van der Waals surface area contributed by atoms with Crippen LogP contribution in [-0.4, -0.2) is 6.04 Å². The summed E-state index contributed by atoms with van der Waals surface area (Å²) in [6.07, 6.45) is -2.48. The highest BCUT2D eigenvalue weighted by molar-refractivity contribution is 7.10. The zero-order valence-electron chi connectivity index (χ0n) is 7.40. The van der Waals surface area contributed by atoms with E-state index < -0.39 is 11.1 Å². The van der Waals surface area contributed by atoms with Crippen LogP contribution in [0.5, 0.6) is 0 Å². The largest absolute Gasteiger partial charge is 0.425 e. The first-order valence-electron chi connectivity index (χ1n) is 4.40. The van der Waals surface area contributed by atoms with Gasteiger partial charge in [-0.3, -0.25) is 0 Å². The SMILES string of the molecule is NC1CCc2c(csc2C(F)(F)F)C1. The Hall–Kier alpha value is -0.550. The van der Waals surface area contributed by atoms with Crippen molar-refractivity contribution in [3.63, 3.8) is 0 Å². The van der Waals surface area contributed by atoms with E-state index in [1.165, 1.54) is 0 Å². The van der Waals surface area contributed by atoms with Gasteiger partial charge in [0.15, 0.2) is 0 Å². The molecule has 2 rings (SSSR count). The van der Waals surface area contributed by atoms with Crippen molar-refractivity contribution in [2.75, 3.05) is 0 Å². The number of rotatable bonds is 0. The number of hydrogen-bond acceptors (Lipinski definition) is 2. The van der Waals surface area contributed by atoms with E-state index in [2.05, 4.69) is 0 Å². The van der Waals surface area contributed by atoms with Crippen molar-refractivity contribution >= 4 is 11.3 Å². The van der Waals surface area contributed by atoms with Gasteiger partial charge in [0.25, 0.3) is 0 Å². The van der Waals surface area contributed by atoms with Crippen LogP contribution in [0.2, 0.25) is 0 Å². The molecule has 1 aliphatic rings. The molecule has 0 aliphatic heterocycles. The number of fused-ring (bicyclic) bond motifs is 1. The van der Waals surface area contributed by atoms with Crippen molar-refractivity contribution in [2.45, 2.75) is 31.5 Å². The van der Waals surface area contributed by atoms with Gasteiger partial charge in [0.2, 0.25) is 0 Å². The van der Waals surface area contributed by atoms with Crippen LogP contribution in [0.4, 0.5) is 13.2 Å². The fraction of sp³-hybridized carbons (Fsp3) is 0.556. The van der Waals surface area contributed by atoms with Gasteiger partial charge in [-0.05, 0) is 35.8 Å². The van der Waals surface area contributed by atoms with Crippen molar-refractivity contribution in [1.29, 1.82) is 0 Å². The average molecular weight is 221 g/mol. The van der Waals surface area contributed by atoms with Crippen molar-refractivity contribution in [3.05, 3.63) is 21.4 Å². The number of halogens is 3. The molecule has 1 aromatic heterocycles. The van der Waals surface area contributed by atoms with Crippen LogP contribution in [0.1, 0.15) is 22.4 Å². The molecule has 0 radical (unpaired) electrons. The van der Waals surface area contributed by atoms with E-state index in [4.69, 9.17) is 5.73 Å². The van der Waals surface area contributed by atoms with E-state index in [-0.39, 0.29) is 6.04 Å². The minimum absolute atomic E-state index is 0.0261. The van der Waals surface area contributed by atoms with Gasteiger partial charge in [-0.15, -0.1) is 11.3 Å². The van der Waals surface area contributed by atoms with Crippen molar-refractivity contribution in [3.8, 4) is 0 Å². The van der Waals surface area contributed by atoms with Crippen LogP contribution in [0.3, 0.4) is 0 Å². The van der Waals surface area contributed by atoms with Gasteiger partial charge in [-0.25, -0.2) is 0 Å². The first-order valence-corrected chi connectivity index (χ1v) is 5.28. The molecule has 1 nitrogen and oxygen atoms in total. The van der Waals surface area contributed by atoms with Crippen molar-refractivity contribution in [1.82, 2.24) is 0 Å². The van der Waals surface area contributed by atoms with Crippen LogP contribution in [-0.2, 0) is 19.0 Å². The van der Waals surface area contributed by atoms with Crippen LogP contribution in [0, 0.1) is 0 Å². The fourth-order valence-electron chi connectivity index (χ4n) is 1.82. The van der Waals surface area contributed by atoms with E-state index in [1.807, 2.05) is 0 Å². The van der Waals surface area contributed by atoms with Crippen molar-refractivity contribution in [2.24, 2.45) is 5.73 Å². The second-order valence-corrected chi connectivity index (χ2v) is 4.45. The molecule has 14 heavy (non-hydrogen) atoms. The maximum Gasteiger partial charge on any atom is 0.425 e. The molecule has 0 spiro atoms. The predicted molar refractivity (Wildman–Crippen MR) is 49.3 cm³/mol.